The van der Waals surface area contributed by atoms with E-state index in [0.29, 0.717) is 12.3 Å². The average Bonchev–Trinajstić information content (AvgIpc) is 2.86. The van der Waals surface area contributed by atoms with Crippen LogP contribution >= 0.6 is 11.3 Å². The molecule has 0 saturated carbocycles. The zero-order valence-corrected chi connectivity index (χ0v) is 10.3. The minimum absolute atomic E-state index is 0.293. The molecule has 4 nitrogen and oxygen atoms in total. The number of aromatic nitrogens is 2. The molecule has 5 heteroatoms. The summed E-state index contributed by atoms with van der Waals surface area (Å²) in [6.45, 7) is 0.538. The Morgan fingerprint density at radius 2 is 2.06 bits per heavy atom. The van der Waals surface area contributed by atoms with E-state index in [1.165, 1.54) is 0 Å². The Hall–Kier alpha value is -2.14. The zero-order valence-electron chi connectivity index (χ0n) is 9.50. The summed E-state index contributed by atoms with van der Waals surface area (Å²) in [5.41, 5.74) is 1.79. The number of nitrogens with one attached hydrogen (secondary N) is 1. The molecule has 0 radical (unpaired) electrons. The average molecular weight is 257 g/mol. The third kappa shape index (κ3) is 2.00. The highest BCUT2D eigenvalue weighted by Crippen LogP contribution is 2.25. The fraction of sp³-hybridized carbons (Fsp3) is 0.0769. The molecule has 3 aromatic rings. The molecule has 0 fully saturated rings. The van der Waals surface area contributed by atoms with Gasteiger partial charge in [-0.2, -0.15) is 0 Å². The predicted molar refractivity (Wildman–Crippen MR) is 72.8 cm³/mol. The van der Waals surface area contributed by atoms with Gasteiger partial charge in [-0.25, -0.2) is 9.97 Å². The molecule has 2 aromatic heterocycles. The summed E-state index contributed by atoms with van der Waals surface area (Å²) < 4.78 is 1.04. The lowest BCUT2D eigenvalue weighted by Gasteiger charge is -2.07. The van der Waals surface area contributed by atoms with E-state index >= 15 is 0 Å². The van der Waals surface area contributed by atoms with Crippen LogP contribution in [0.25, 0.3) is 10.2 Å². The van der Waals surface area contributed by atoms with Gasteiger partial charge in [0.1, 0.15) is 17.9 Å². The Labute approximate surface area is 108 Å². The van der Waals surface area contributed by atoms with E-state index in [-0.39, 0.29) is 0 Å². The SMILES string of the molecule is Oc1ccccc1CNc1ncnc2ccsc12. The van der Waals surface area contributed by atoms with Crippen LogP contribution in [0.3, 0.4) is 0 Å². The highest BCUT2D eigenvalue weighted by Gasteiger charge is 2.05. The van der Waals surface area contributed by atoms with Crippen LogP contribution in [0.15, 0.2) is 42.0 Å². The van der Waals surface area contributed by atoms with E-state index in [1.807, 2.05) is 23.6 Å². The van der Waals surface area contributed by atoms with Crippen molar-refractivity contribution in [2.45, 2.75) is 6.54 Å². The van der Waals surface area contributed by atoms with E-state index in [0.717, 1.165) is 21.6 Å². The molecule has 3 rings (SSSR count). The summed E-state index contributed by atoms with van der Waals surface area (Å²) >= 11 is 1.60. The van der Waals surface area contributed by atoms with Crippen LogP contribution in [0, 0.1) is 0 Å². The summed E-state index contributed by atoms with van der Waals surface area (Å²) in [7, 11) is 0. The van der Waals surface area contributed by atoms with E-state index in [4.69, 9.17) is 0 Å². The van der Waals surface area contributed by atoms with Crippen molar-refractivity contribution in [3.05, 3.63) is 47.6 Å². The van der Waals surface area contributed by atoms with E-state index in [9.17, 15) is 5.11 Å². The van der Waals surface area contributed by atoms with Crippen LogP contribution in [0.5, 0.6) is 5.75 Å². The fourth-order valence-corrected chi connectivity index (χ4v) is 2.56. The number of para-hydroxylation sites is 1. The summed E-state index contributed by atoms with van der Waals surface area (Å²) in [6, 6.07) is 9.23. The van der Waals surface area contributed by atoms with Crippen LogP contribution in [-0.2, 0) is 6.54 Å². The van der Waals surface area contributed by atoms with Crippen LogP contribution in [0.2, 0.25) is 0 Å². The van der Waals surface area contributed by atoms with Crippen molar-refractivity contribution in [1.29, 1.82) is 0 Å². The molecule has 0 atom stereocenters. The van der Waals surface area contributed by atoms with E-state index in [2.05, 4.69) is 15.3 Å². The standard InChI is InChI=1S/C13H11N3OS/c17-11-4-2-1-3-9(11)7-14-13-12-10(5-6-18-12)15-8-16-13/h1-6,8,17H,7H2,(H,14,15,16). The fourth-order valence-electron chi connectivity index (χ4n) is 1.75. The number of thiophene rings is 1. The highest BCUT2D eigenvalue weighted by molar-refractivity contribution is 7.17. The maximum absolute atomic E-state index is 9.69. The van der Waals surface area contributed by atoms with Gasteiger partial charge in [0.05, 0.1) is 10.2 Å². The Bertz CT molecular complexity index is 681. The van der Waals surface area contributed by atoms with Gasteiger partial charge in [-0.3, -0.25) is 0 Å². The third-order valence-electron chi connectivity index (χ3n) is 2.68. The molecule has 0 unspecified atom stereocenters. The lowest BCUT2D eigenvalue weighted by Crippen LogP contribution is -2.01. The normalized spacial score (nSPS) is 10.7. The predicted octanol–water partition coefficient (Wildman–Crippen LogP) is 3.01. The first kappa shape index (κ1) is 11.0. The van der Waals surface area contributed by atoms with Gasteiger partial charge in [0.2, 0.25) is 0 Å². The highest BCUT2D eigenvalue weighted by atomic mass is 32.1. The molecule has 0 bridgehead atoms. The van der Waals surface area contributed by atoms with Gasteiger partial charge in [-0.1, -0.05) is 18.2 Å². The molecule has 18 heavy (non-hydrogen) atoms. The minimum Gasteiger partial charge on any atom is -0.508 e. The van der Waals surface area contributed by atoms with E-state index < -0.39 is 0 Å². The van der Waals surface area contributed by atoms with Gasteiger partial charge in [0, 0.05) is 12.1 Å². The number of rotatable bonds is 3. The molecule has 0 aliphatic carbocycles. The lowest BCUT2D eigenvalue weighted by atomic mass is 10.2. The molecule has 0 spiro atoms. The first-order valence-corrected chi connectivity index (χ1v) is 6.41. The number of aromatic hydroxyl groups is 1. The minimum atomic E-state index is 0.293. The Morgan fingerprint density at radius 3 is 2.94 bits per heavy atom. The number of fused-ring (bicyclic) bond motifs is 1. The van der Waals surface area contributed by atoms with Crippen LogP contribution in [0.1, 0.15) is 5.56 Å². The second kappa shape index (κ2) is 4.62. The van der Waals surface area contributed by atoms with Crippen molar-refractivity contribution in [2.24, 2.45) is 0 Å². The van der Waals surface area contributed by atoms with Crippen molar-refractivity contribution in [1.82, 2.24) is 9.97 Å². The number of hydrogen-bond acceptors (Lipinski definition) is 5. The number of hydrogen-bond donors (Lipinski definition) is 2. The van der Waals surface area contributed by atoms with Crippen LogP contribution in [-0.4, -0.2) is 15.1 Å². The molecule has 90 valence electrons. The van der Waals surface area contributed by atoms with Gasteiger partial charge < -0.3 is 10.4 Å². The smallest absolute Gasteiger partial charge is 0.147 e. The summed E-state index contributed by atoms with van der Waals surface area (Å²) in [4.78, 5) is 8.41. The van der Waals surface area contributed by atoms with Crippen LogP contribution in [0.4, 0.5) is 5.82 Å². The van der Waals surface area contributed by atoms with Gasteiger partial charge >= 0.3 is 0 Å². The summed E-state index contributed by atoms with van der Waals surface area (Å²) in [6.07, 6.45) is 1.54. The third-order valence-corrected chi connectivity index (χ3v) is 3.59. The molecular formula is C13H11N3OS. The summed E-state index contributed by atoms with van der Waals surface area (Å²) in [5, 5.41) is 14.9. The number of benzene rings is 1. The van der Waals surface area contributed by atoms with E-state index in [1.54, 1.807) is 29.8 Å². The molecular weight excluding hydrogens is 246 g/mol. The van der Waals surface area contributed by atoms with Gasteiger partial charge in [0.15, 0.2) is 0 Å². The Morgan fingerprint density at radius 1 is 1.17 bits per heavy atom. The maximum Gasteiger partial charge on any atom is 0.147 e. The first-order valence-electron chi connectivity index (χ1n) is 5.53. The van der Waals surface area contributed by atoms with Crippen molar-refractivity contribution in [3.8, 4) is 5.75 Å². The van der Waals surface area contributed by atoms with Gasteiger partial charge in [-0.05, 0) is 17.5 Å². The molecule has 1 aromatic carbocycles. The first-order chi connectivity index (χ1) is 8.84. The van der Waals surface area contributed by atoms with Crippen molar-refractivity contribution in [3.63, 3.8) is 0 Å². The quantitative estimate of drug-likeness (QED) is 0.757. The van der Waals surface area contributed by atoms with Crippen molar-refractivity contribution >= 4 is 27.4 Å². The molecule has 2 heterocycles. The topological polar surface area (TPSA) is 58.0 Å². The Kier molecular flexibility index (Phi) is 2.82. The van der Waals surface area contributed by atoms with Gasteiger partial charge in [-0.15, -0.1) is 11.3 Å². The maximum atomic E-state index is 9.69. The number of phenolic OH excluding ortho intramolecular Hbond substituents is 1. The molecule has 0 aliphatic heterocycles. The zero-order chi connectivity index (χ0) is 12.4. The van der Waals surface area contributed by atoms with Gasteiger partial charge in [0.25, 0.3) is 0 Å². The van der Waals surface area contributed by atoms with Crippen LogP contribution < -0.4 is 5.32 Å². The number of phenols is 1. The second-order valence-corrected chi connectivity index (χ2v) is 4.76. The number of anilines is 1. The molecule has 0 aliphatic rings. The largest absolute Gasteiger partial charge is 0.508 e. The Balaban J connectivity index is 1.85. The molecule has 2 N–H and O–H groups in total. The lowest BCUT2D eigenvalue weighted by molar-refractivity contribution is 0.469. The number of nitrogens with zero attached hydrogens (tertiary/aromatic N) is 2. The van der Waals surface area contributed by atoms with Crippen molar-refractivity contribution < 1.29 is 5.11 Å². The second-order valence-electron chi connectivity index (χ2n) is 3.84. The monoisotopic (exact) mass is 257 g/mol. The molecule has 0 amide bonds. The summed E-state index contributed by atoms with van der Waals surface area (Å²) in [5.74, 6) is 1.10. The van der Waals surface area contributed by atoms with Crippen molar-refractivity contribution in [2.75, 3.05) is 5.32 Å². The molecule has 0 saturated heterocycles.